The van der Waals surface area contributed by atoms with Crippen LogP contribution in [-0.4, -0.2) is 66.8 Å². The smallest absolute Gasteiger partial charge is 0.243 e. The molecule has 0 saturated heterocycles. The van der Waals surface area contributed by atoms with E-state index >= 15 is 0 Å². The quantitative estimate of drug-likeness (QED) is 0.135. The number of nitrogens with two attached hydrogens (primary N) is 2. The second-order valence-corrected chi connectivity index (χ2v) is 14.1. The summed E-state index contributed by atoms with van der Waals surface area (Å²) in [7, 11) is 3.30. The number of amides is 2. The molecule has 10 nitrogen and oxygen atoms in total. The van der Waals surface area contributed by atoms with E-state index < -0.39 is 18.0 Å². The van der Waals surface area contributed by atoms with E-state index in [9.17, 15) is 14.4 Å². The SMILES string of the molecule is COc1ccc2c(c1)CNC(=O)[C@H](Cc1c(C)[nH]c3ccccc13)N(C)C(=O)[C@H](CCCCN)CC(=O)[C@H](CCCN)Nc1ccccc1S2. The highest BCUT2D eigenvalue weighted by atomic mass is 32.2. The molecule has 0 saturated carbocycles. The fourth-order valence-electron chi connectivity index (χ4n) is 6.71. The number of anilines is 1. The fourth-order valence-corrected chi connectivity index (χ4v) is 7.73. The molecule has 0 unspecified atom stereocenters. The van der Waals surface area contributed by atoms with E-state index in [1.165, 1.54) is 0 Å². The lowest BCUT2D eigenvalue weighted by Gasteiger charge is -2.32. The Morgan fingerprint density at radius 2 is 1.68 bits per heavy atom. The van der Waals surface area contributed by atoms with Gasteiger partial charge < -0.3 is 36.7 Å². The monoisotopic (exact) mass is 698 g/mol. The lowest BCUT2D eigenvalue weighted by Crippen LogP contribution is -2.51. The molecule has 3 atom stereocenters. The molecular weight excluding hydrogens is 649 g/mol. The van der Waals surface area contributed by atoms with Gasteiger partial charge in [0, 0.05) is 64.4 Å². The Hall–Kier alpha value is -4.32. The Balaban J connectivity index is 1.59. The van der Waals surface area contributed by atoms with Crippen LogP contribution in [0.4, 0.5) is 5.69 Å². The molecule has 266 valence electrons. The summed E-state index contributed by atoms with van der Waals surface area (Å²) in [5.74, 6) is -0.487. The van der Waals surface area contributed by atoms with Gasteiger partial charge in [-0.3, -0.25) is 14.4 Å². The minimum atomic E-state index is -0.825. The first-order valence-corrected chi connectivity index (χ1v) is 18.3. The minimum absolute atomic E-state index is 0.0500. The van der Waals surface area contributed by atoms with Gasteiger partial charge in [0.1, 0.15) is 11.8 Å². The van der Waals surface area contributed by atoms with Crippen LogP contribution in [0.3, 0.4) is 0 Å². The second kappa shape index (κ2) is 17.6. The van der Waals surface area contributed by atoms with Crippen LogP contribution in [0.2, 0.25) is 0 Å². The molecule has 1 aliphatic heterocycles. The highest BCUT2D eigenvalue weighted by Crippen LogP contribution is 2.37. The molecule has 2 amide bonds. The van der Waals surface area contributed by atoms with Crippen molar-refractivity contribution in [2.24, 2.45) is 17.4 Å². The number of ketones is 1. The summed E-state index contributed by atoms with van der Waals surface area (Å²) in [6.45, 7) is 3.17. The second-order valence-electron chi connectivity index (χ2n) is 13.0. The number of nitrogens with one attached hydrogen (secondary N) is 3. The highest BCUT2D eigenvalue weighted by molar-refractivity contribution is 7.99. The number of aryl methyl sites for hydroxylation is 1. The van der Waals surface area contributed by atoms with E-state index in [1.807, 2.05) is 73.7 Å². The number of methoxy groups -OCH3 is 1. The third-order valence-electron chi connectivity index (χ3n) is 9.59. The molecule has 50 heavy (non-hydrogen) atoms. The Morgan fingerprint density at radius 3 is 2.46 bits per heavy atom. The third kappa shape index (κ3) is 8.88. The van der Waals surface area contributed by atoms with Crippen LogP contribution in [-0.2, 0) is 27.3 Å². The van der Waals surface area contributed by atoms with Crippen molar-refractivity contribution in [3.8, 4) is 5.75 Å². The number of Topliss-reactive ketones (excluding diaryl/α,β-unsaturated/α-hetero) is 1. The zero-order valence-corrected chi connectivity index (χ0v) is 30.1. The molecule has 7 N–H and O–H groups in total. The lowest BCUT2D eigenvalue weighted by molar-refractivity contribution is -0.143. The molecule has 1 aromatic heterocycles. The number of aromatic amines is 1. The number of fused-ring (bicyclic) bond motifs is 3. The maximum Gasteiger partial charge on any atom is 0.243 e. The molecule has 1 aliphatic rings. The van der Waals surface area contributed by atoms with E-state index in [0.717, 1.165) is 49.6 Å². The maximum absolute atomic E-state index is 14.5. The number of carbonyl (C=O) groups excluding carboxylic acids is 3. The van der Waals surface area contributed by atoms with E-state index in [1.54, 1.807) is 30.8 Å². The first-order chi connectivity index (χ1) is 24.2. The van der Waals surface area contributed by atoms with E-state index in [-0.39, 0.29) is 30.6 Å². The van der Waals surface area contributed by atoms with Crippen molar-refractivity contribution in [2.45, 2.75) is 80.3 Å². The molecule has 0 bridgehead atoms. The molecule has 5 rings (SSSR count). The first kappa shape index (κ1) is 36.9. The maximum atomic E-state index is 14.5. The average molecular weight is 699 g/mol. The van der Waals surface area contributed by atoms with Crippen molar-refractivity contribution in [3.63, 3.8) is 0 Å². The zero-order chi connectivity index (χ0) is 35.6. The molecule has 3 aromatic carbocycles. The number of aromatic nitrogens is 1. The Bertz CT molecular complexity index is 1790. The molecule has 11 heteroatoms. The Morgan fingerprint density at radius 1 is 0.920 bits per heavy atom. The number of carbonyl (C=O) groups is 3. The predicted molar refractivity (Wildman–Crippen MR) is 200 cm³/mol. The summed E-state index contributed by atoms with van der Waals surface area (Å²) in [4.78, 5) is 49.9. The van der Waals surface area contributed by atoms with Crippen LogP contribution in [0.15, 0.2) is 76.5 Å². The van der Waals surface area contributed by atoms with Crippen LogP contribution >= 0.6 is 11.8 Å². The molecule has 2 heterocycles. The first-order valence-electron chi connectivity index (χ1n) is 17.5. The van der Waals surface area contributed by atoms with Gasteiger partial charge in [-0.05, 0) is 93.2 Å². The minimum Gasteiger partial charge on any atom is -0.497 e. The van der Waals surface area contributed by atoms with Gasteiger partial charge in [-0.25, -0.2) is 0 Å². The van der Waals surface area contributed by atoms with Gasteiger partial charge >= 0.3 is 0 Å². The molecule has 4 aromatic rings. The van der Waals surface area contributed by atoms with Gasteiger partial charge in [0.15, 0.2) is 5.78 Å². The summed E-state index contributed by atoms with van der Waals surface area (Å²) in [6, 6.07) is 20.3. The Kier molecular flexibility index (Phi) is 13.0. The van der Waals surface area contributed by atoms with Crippen molar-refractivity contribution < 1.29 is 19.1 Å². The molecular formula is C39H50N6O4S. The molecule has 0 fully saturated rings. The van der Waals surface area contributed by atoms with Crippen molar-refractivity contribution in [1.29, 1.82) is 0 Å². The number of hydrogen-bond donors (Lipinski definition) is 5. The van der Waals surface area contributed by atoms with Crippen LogP contribution in [0.5, 0.6) is 5.75 Å². The number of H-pyrrole nitrogens is 1. The standard InChI is InChI=1S/C39H50N6O4S/c1-25-30(29-12-4-5-13-31(29)43-25)23-34-38(47)42-24-27-21-28(49-3)17-18-36(27)50-37-16-7-6-14-33(37)44-32(15-10-20-41)35(46)22-26(11-8-9-19-40)39(48)45(34)2/h4-7,12-14,16-18,21,26,32,34,43-44H,8-11,15,19-20,22-24,40-41H2,1-3H3,(H,42,47)/t26-,32+,34+/m1/s1. The average Bonchev–Trinajstić information content (AvgIpc) is 3.45. The van der Waals surface area contributed by atoms with E-state index in [0.29, 0.717) is 50.9 Å². The largest absolute Gasteiger partial charge is 0.497 e. The predicted octanol–water partition coefficient (Wildman–Crippen LogP) is 5.56. The third-order valence-corrected chi connectivity index (χ3v) is 10.8. The van der Waals surface area contributed by atoms with Crippen LogP contribution in [0, 0.1) is 12.8 Å². The fraction of sp³-hybridized carbons (Fsp3) is 0.410. The van der Waals surface area contributed by atoms with Crippen molar-refractivity contribution in [1.82, 2.24) is 15.2 Å². The van der Waals surface area contributed by atoms with Gasteiger partial charge in [0.2, 0.25) is 11.8 Å². The normalized spacial score (nSPS) is 19.1. The van der Waals surface area contributed by atoms with Gasteiger partial charge in [-0.1, -0.05) is 48.5 Å². The number of rotatable bonds is 10. The van der Waals surface area contributed by atoms with Gasteiger partial charge in [0.25, 0.3) is 0 Å². The highest BCUT2D eigenvalue weighted by Gasteiger charge is 2.35. The van der Waals surface area contributed by atoms with Gasteiger partial charge in [-0.2, -0.15) is 0 Å². The molecule has 0 spiro atoms. The van der Waals surface area contributed by atoms with Crippen LogP contribution in [0.25, 0.3) is 10.9 Å². The summed E-state index contributed by atoms with van der Waals surface area (Å²) < 4.78 is 5.56. The number of para-hydroxylation sites is 2. The summed E-state index contributed by atoms with van der Waals surface area (Å²) >= 11 is 1.56. The lowest BCUT2D eigenvalue weighted by atomic mass is 9.90. The molecule has 0 aliphatic carbocycles. The van der Waals surface area contributed by atoms with Crippen LogP contribution < -0.4 is 26.8 Å². The summed E-state index contributed by atoms with van der Waals surface area (Å²) in [6.07, 6.45) is 3.48. The molecule has 0 radical (unpaired) electrons. The number of likely N-dealkylation sites (N-methyl/N-ethyl adjacent to an activating group) is 1. The van der Waals surface area contributed by atoms with E-state index in [2.05, 4.69) is 15.6 Å². The Labute approximate surface area is 299 Å². The van der Waals surface area contributed by atoms with Gasteiger partial charge in [-0.15, -0.1) is 0 Å². The van der Waals surface area contributed by atoms with Crippen molar-refractivity contribution >= 4 is 45.9 Å². The zero-order valence-electron chi connectivity index (χ0n) is 29.3. The van der Waals surface area contributed by atoms with Crippen molar-refractivity contribution in [3.05, 3.63) is 83.6 Å². The van der Waals surface area contributed by atoms with E-state index in [4.69, 9.17) is 16.2 Å². The topological polar surface area (TPSA) is 156 Å². The number of unbranched alkanes of at least 4 members (excludes halogenated alkanes) is 1. The number of hydrogen-bond acceptors (Lipinski definition) is 8. The number of nitrogens with zero attached hydrogens (tertiary/aromatic N) is 1. The number of benzene rings is 3. The summed E-state index contributed by atoms with van der Waals surface area (Å²) in [5.41, 5.74) is 16.3. The van der Waals surface area contributed by atoms with Gasteiger partial charge in [0.05, 0.1) is 13.2 Å². The van der Waals surface area contributed by atoms with Crippen LogP contribution in [0.1, 0.15) is 55.3 Å². The van der Waals surface area contributed by atoms with Crippen molar-refractivity contribution in [2.75, 3.05) is 32.6 Å². The number of ether oxygens (including phenoxy) is 1. The summed E-state index contributed by atoms with van der Waals surface area (Å²) in [5, 5.41) is 7.70.